The Morgan fingerprint density at radius 1 is 1.07 bits per heavy atom. The molecule has 0 unspecified atom stereocenters. The topological polar surface area (TPSA) is 63.2 Å². The predicted molar refractivity (Wildman–Crippen MR) is 108 cm³/mol. The van der Waals surface area contributed by atoms with Crippen molar-refractivity contribution in [2.75, 3.05) is 17.7 Å². The van der Waals surface area contributed by atoms with Crippen molar-refractivity contribution < 1.29 is 9.53 Å². The molecule has 2 aromatic carbocycles. The van der Waals surface area contributed by atoms with E-state index >= 15 is 0 Å². The minimum Gasteiger partial charge on any atom is -0.496 e. The Balaban J connectivity index is 1.70. The third-order valence-corrected chi connectivity index (χ3v) is 4.30. The van der Waals surface area contributed by atoms with Crippen LogP contribution in [-0.2, 0) is 6.54 Å². The van der Waals surface area contributed by atoms with Crippen molar-refractivity contribution in [2.45, 2.75) is 20.4 Å². The molecule has 5 nitrogen and oxygen atoms in total. The van der Waals surface area contributed by atoms with E-state index in [1.54, 1.807) is 19.4 Å². The van der Waals surface area contributed by atoms with Gasteiger partial charge < -0.3 is 15.4 Å². The summed E-state index contributed by atoms with van der Waals surface area (Å²) in [6, 6.07) is 17.3. The maximum atomic E-state index is 12.6. The number of ether oxygens (including phenoxy) is 1. The third kappa shape index (κ3) is 4.64. The summed E-state index contributed by atoms with van der Waals surface area (Å²) < 4.78 is 5.37. The molecule has 3 aromatic rings. The SMILES string of the molecule is COc1ccccc1CNc1ccnc(C(=O)Nc2ccc(C)cc2C)c1. The largest absolute Gasteiger partial charge is 0.496 e. The number of rotatable bonds is 6. The number of nitrogens with zero attached hydrogens (tertiary/aromatic N) is 1. The highest BCUT2D eigenvalue weighted by Crippen LogP contribution is 2.20. The first-order valence-corrected chi connectivity index (χ1v) is 8.77. The highest BCUT2D eigenvalue weighted by Gasteiger charge is 2.10. The Morgan fingerprint density at radius 3 is 2.67 bits per heavy atom. The summed E-state index contributed by atoms with van der Waals surface area (Å²) in [5.41, 5.74) is 5.19. The molecule has 0 radical (unpaired) electrons. The van der Waals surface area contributed by atoms with Crippen LogP contribution in [0.4, 0.5) is 11.4 Å². The number of hydrogen-bond acceptors (Lipinski definition) is 4. The van der Waals surface area contributed by atoms with E-state index in [2.05, 4.69) is 15.6 Å². The van der Waals surface area contributed by atoms with Crippen LogP contribution in [0.15, 0.2) is 60.8 Å². The molecule has 0 aliphatic heterocycles. The molecular formula is C22H23N3O2. The fraction of sp³-hybridized carbons (Fsp3) is 0.182. The fourth-order valence-electron chi connectivity index (χ4n) is 2.85. The number of benzene rings is 2. The molecule has 1 aromatic heterocycles. The molecule has 0 aliphatic carbocycles. The van der Waals surface area contributed by atoms with Gasteiger partial charge in [-0.1, -0.05) is 35.9 Å². The molecule has 3 rings (SSSR count). The van der Waals surface area contributed by atoms with Crippen LogP contribution >= 0.6 is 0 Å². The van der Waals surface area contributed by atoms with Crippen LogP contribution in [0, 0.1) is 13.8 Å². The molecule has 0 spiro atoms. The lowest BCUT2D eigenvalue weighted by Crippen LogP contribution is -2.15. The van der Waals surface area contributed by atoms with Crippen LogP contribution in [-0.4, -0.2) is 18.0 Å². The van der Waals surface area contributed by atoms with Gasteiger partial charge in [0.15, 0.2) is 0 Å². The molecule has 0 atom stereocenters. The minimum absolute atomic E-state index is 0.233. The van der Waals surface area contributed by atoms with Gasteiger partial charge in [0.2, 0.25) is 0 Å². The summed E-state index contributed by atoms with van der Waals surface area (Å²) in [4.78, 5) is 16.8. The van der Waals surface area contributed by atoms with Gasteiger partial charge in [-0.3, -0.25) is 9.78 Å². The van der Waals surface area contributed by atoms with E-state index in [0.717, 1.165) is 33.8 Å². The second-order valence-electron chi connectivity index (χ2n) is 6.37. The number of amides is 1. The van der Waals surface area contributed by atoms with Gasteiger partial charge in [-0.15, -0.1) is 0 Å². The van der Waals surface area contributed by atoms with Gasteiger partial charge in [-0.25, -0.2) is 0 Å². The molecule has 1 heterocycles. The lowest BCUT2D eigenvalue weighted by molar-refractivity contribution is 0.102. The lowest BCUT2D eigenvalue weighted by atomic mass is 10.1. The Kier molecular flexibility index (Phi) is 5.71. The minimum atomic E-state index is -0.233. The summed E-state index contributed by atoms with van der Waals surface area (Å²) in [6.07, 6.45) is 1.63. The zero-order chi connectivity index (χ0) is 19.2. The summed E-state index contributed by atoms with van der Waals surface area (Å²) in [6.45, 7) is 4.59. The molecule has 0 saturated carbocycles. The Labute approximate surface area is 159 Å². The van der Waals surface area contributed by atoms with Gasteiger partial charge >= 0.3 is 0 Å². The number of methoxy groups -OCH3 is 1. The van der Waals surface area contributed by atoms with E-state index in [9.17, 15) is 4.79 Å². The molecule has 0 bridgehead atoms. The van der Waals surface area contributed by atoms with Crippen LogP contribution in [0.3, 0.4) is 0 Å². The molecule has 27 heavy (non-hydrogen) atoms. The number of nitrogens with one attached hydrogen (secondary N) is 2. The van der Waals surface area contributed by atoms with Crippen LogP contribution in [0.1, 0.15) is 27.2 Å². The first-order valence-electron chi connectivity index (χ1n) is 8.77. The second-order valence-corrected chi connectivity index (χ2v) is 6.37. The van der Waals surface area contributed by atoms with Gasteiger partial charge in [0, 0.05) is 29.7 Å². The van der Waals surface area contributed by atoms with Gasteiger partial charge in [-0.05, 0) is 43.7 Å². The van der Waals surface area contributed by atoms with Gasteiger partial charge in [0.25, 0.3) is 5.91 Å². The van der Waals surface area contributed by atoms with E-state index in [4.69, 9.17) is 4.74 Å². The van der Waals surface area contributed by atoms with Crippen molar-refractivity contribution in [3.63, 3.8) is 0 Å². The van der Waals surface area contributed by atoms with Crippen LogP contribution < -0.4 is 15.4 Å². The highest BCUT2D eigenvalue weighted by molar-refractivity contribution is 6.03. The molecule has 0 fully saturated rings. The maximum Gasteiger partial charge on any atom is 0.274 e. The number of carbonyl (C=O) groups is 1. The van der Waals surface area contributed by atoms with E-state index in [0.29, 0.717) is 12.2 Å². The van der Waals surface area contributed by atoms with Gasteiger partial charge in [0.1, 0.15) is 11.4 Å². The normalized spacial score (nSPS) is 10.3. The van der Waals surface area contributed by atoms with E-state index in [1.165, 1.54) is 0 Å². The van der Waals surface area contributed by atoms with Crippen molar-refractivity contribution in [1.82, 2.24) is 4.98 Å². The van der Waals surface area contributed by atoms with Crippen LogP contribution in [0.5, 0.6) is 5.75 Å². The number of pyridine rings is 1. The molecule has 1 amide bonds. The maximum absolute atomic E-state index is 12.6. The van der Waals surface area contributed by atoms with Crippen LogP contribution in [0.25, 0.3) is 0 Å². The van der Waals surface area contributed by atoms with Crippen LogP contribution in [0.2, 0.25) is 0 Å². The van der Waals surface area contributed by atoms with E-state index in [1.807, 2.05) is 62.4 Å². The van der Waals surface area contributed by atoms with Crippen molar-refractivity contribution in [1.29, 1.82) is 0 Å². The standard InChI is InChI=1S/C22H23N3O2/c1-15-8-9-19(16(2)12-15)25-22(26)20-13-18(10-11-23-20)24-14-17-6-4-5-7-21(17)27-3/h4-13H,14H2,1-3H3,(H,23,24)(H,25,26). The zero-order valence-electron chi connectivity index (χ0n) is 15.7. The van der Waals surface area contributed by atoms with Crippen molar-refractivity contribution >= 4 is 17.3 Å². The first kappa shape index (κ1) is 18.5. The number of carbonyl (C=O) groups excluding carboxylic acids is 1. The van der Waals surface area contributed by atoms with E-state index in [-0.39, 0.29) is 5.91 Å². The Morgan fingerprint density at radius 2 is 1.89 bits per heavy atom. The number of hydrogen-bond donors (Lipinski definition) is 2. The van der Waals surface area contributed by atoms with Crippen molar-refractivity contribution in [2.24, 2.45) is 0 Å². The highest BCUT2D eigenvalue weighted by atomic mass is 16.5. The molecule has 2 N–H and O–H groups in total. The summed E-state index contributed by atoms with van der Waals surface area (Å²) >= 11 is 0. The summed E-state index contributed by atoms with van der Waals surface area (Å²) in [5.74, 6) is 0.592. The Hall–Kier alpha value is -3.34. The second kappa shape index (κ2) is 8.36. The number of aryl methyl sites for hydroxylation is 2. The average molecular weight is 361 g/mol. The monoisotopic (exact) mass is 361 g/mol. The number of aromatic nitrogens is 1. The van der Waals surface area contributed by atoms with E-state index < -0.39 is 0 Å². The number of para-hydroxylation sites is 1. The van der Waals surface area contributed by atoms with Crippen molar-refractivity contribution in [3.05, 3.63) is 83.2 Å². The predicted octanol–water partition coefficient (Wildman–Crippen LogP) is 4.57. The Bertz CT molecular complexity index is 954. The fourth-order valence-corrected chi connectivity index (χ4v) is 2.85. The smallest absolute Gasteiger partial charge is 0.274 e. The number of anilines is 2. The molecule has 5 heteroatoms. The average Bonchev–Trinajstić information content (AvgIpc) is 2.69. The molecule has 0 saturated heterocycles. The zero-order valence-corrected chi connectivity index (χ0v) is 15.7. The molecular weight excluding hydrogens is 338 g/mol. The molecule has 0 aliphatic rings. The lowest BCUT2D eigenvalue weighted by Gasteiger charge is -2.12. The quantitative estimate of drug-likeness (QED) is 0.675. The summed E-state index contributed by atoms with van der Waals surface area (Å²) in [5, 5.41) is 6.24. The first-order chi connectivity index (χ1) is 13.1. The van der Waals surface area contributed by atoms with Gasteiger partial charge in [0.05, 0.1) is 7.11 Å². The molecule has 138 valence electrons. The third-order valence-electron chi connectivity index (χ3n) is 4.30. The summed E-state index contributed by atoms with van der Waals surface area (Å²) in [7, 11) is 1.65. The van der Waals surface area contributed by atoms with Gasteiger partial charge in [-0.2, -0.15) is 0 Å². The van der Waals surface area contributed by atoms with Crippen molar-refractivity contribution in [3.8, 4) is 5.75 Å².